The van der Waals surface area contributed by atoms with Gasteiger partial charge in [-0.25, -0.2) is 0 Å². The third kappa shape index (κ3) is 3.78. The Kier molecular flexibility index (Phi) is 4.72. The fourth-order valence-electron chi connectivity index (χ4n) is 2.54. The van der Waals surface area contributed by atoms with Gasteiger partial charge in [0.25, 0.3) is 0 Å². The zero-order valence-electron chi connectivity index (χ0n) is 15.4. The molecule has 0 saturated carbocycles. The molecule has 0 aliphatic carbocycles. The number of rotatable bonds is 4. The molecule has 2 aromatic carbocycles. The van der Waals surface area contributed by atoms with E-state index in [2.05, 4.69) is 32.7 Å². The maximum Gasteiger partial charge on any atom is 0.494 e. The summed E-state index contributed by atoms with van der Waals surface area (Å²) < 4.78 is 17.3. The number of hydrogen-bond donors (Lipinski definition) is 0. The monoisotopic (exact) mass is 337 g/mol. The van der Waals surface area contributed by atoms with Gasteiger partial charge >= 0.3 is 7.12 Å². The molecule has 1 saturated heterocycles. The van der Waals surface area contributed by atoms with Crippen molar-refractivity contribution in [2.75, 3.05) is 7.11 Å². The van der Waals surface area contributed by atoms with E-state index in [1.165, 1.54) is 0 Å². The molecule has 0 bridgehead atoms. The molecule has 5 heteroatoms. The Labute approximate surface area is 150 Å². The highest BCUT2D eigenvalue weighted by molar-refractivity contribution is 6.62. The first-order valence-electron chi connectivity index (χ1n) is 8.44. The van der Waals surface area contributed by atoms with Crippen LogP contribution >= 0.6 is 0 Å². The van der Waals surface area contributed by atoms with Crippen LogP contribution in [0, 0.1) is 0 Å². The molecule has 0 atom stereocenters. The predicted octanol–water partition coefficient (Wildman–Crippen LogP) is 3.75. The molecule has 0 radical (unpaired) electrons. The predicted molar refractivity (Wildman–Crippen MR) is 102 cm³/mol. The average Bonchev–Trinajstić information content (AvgIpc) is 2.82. The van der Waals surface area contributed by atoms with E-state index in [0.29, 0.717) is 0 Å². The van der Waals surface area contributed by atoms with Crippen LogP contribution in [0.3, 0.4) is 0 Å². The average molecular weight is 337 g/mol. The second-order valence-electron chi connectivity index (χ2n) is 7.21. The smallest absolute Gasteiger partial charge is 0.494 e. The lowest BCUT2D eigenvalue weighted by Crippen LogP contribution is -2.41. The normalized spacial score (nSPS) is 18.7. The van der Waals surface area contributed by atoms with Crippen LogP contribution in [0.25, 0.3) is 0 Å². The molecule has 1 fully saturated rings. The molecule has 0 spiro atoms. The van der Waals surface area contributed by atoms with Crippen molar-refractivity contribution in [3.05, 3.63) is 54.1 Å². The summed E-state index contributed by atoms with van der Waals surface area (Å²) >= 11 is 0. The van der Waals surface area contributed by atoms with Gasteiger partial charge in [0.15, 0.2) is 0 Å². The van der Waals surface area contributed by atoms with Gasteiger partial charge in [0.1, 0.15) is 5.75 Å². The first kappa shape index (κ1) is 17.7. The van der Waals surface area contributed by atoms with E-state index >= 15 is 0 Å². The number of hydrogen-bond acceptors (Lipinski definition) is 4. The van der Waals surface area contributed by atoms with E-state index < -0.39 is 0 Å². The number of methoxy groups -OCH3 is 1. The Bertz CT molecular complexity index is 736. The van der Waals surface area contributed by atoms with Gasteiger partial charge in [-0.05, 0) is 63.0 Å². The zero-order valence-corrected chi connectivity index (χ0v) is 15.4. The molecule has 3 rings (SSSR count). The summed E-state index contributed by atoms with van der Waals surface area (Å²) in [6.07, 6.45) is 1.84. The Morgan fingerprint density at radius 2 is 1.44 bits per heavy atom. The molecule has 2 aromatic rings. The third-order valence-corrected chi connectivity index (χ3v) is 4.90. The van der Waals surface area contributed by atoms with E-state index in [4.69, 9.17) is 14.0 Å². The summed E-state index contributed by atoms with van der Waals surface area (Å²) in [5.41, 5.74) is 2.27. The molecule has 1 aliphatic heterocycles. The van der Waals surface area contributed by atoms with Crippen molar-refractivity contribution in [3.8, 4) is 5.75 Å². The lowest BCUT2D eigenvalue weighted by molar-refractivity contribution is 0.00578. The van der Waals surface area contributed by atoms with Crippen molar-refractivity contribution in [1.82, 2.24) is 0 Å². The van der Waals surface area contributed by atoms with Gasteiger partial charge < -0.3 is 14.0 Å². The molecule has 25 heavy (non-hydrogen) atoms. The van der Waals surface area contributed by atoms with Gasteiger partial charge in [-0.1, -0.05) is 24.3 Å². The fraction of sp³-hybridized carbons (Fsp3) is 0.350. The molecule has 0 aromatic heterocycles. The van der Waals surface area contributed by atoms with Crippen molar-refractivity contribution >= 4 is 24.5 Å². The highest BCUT2D eigenvalue weighted by atomic mass is 16.7. The summed E-state index contributed by atoms with van der Waals surface area (Å²) in [5, 5.41) is 0. The molecule has 0 amide bonds. The summed E-state index contributed by atoms with van der Waals surface area (Å²) in [6, 6.07) is 15.7. The topological polar surface area (TPSA) is 40.0 Å². The summed E-state index contributed by atoms with van der Waals surface area (Å²) in [5.74, 6) is 0.825. The molecule has 1 aliphatic rings. The van der Waals surface area contributed by atoms with Crippen molar-refractivity contribution in [3.63, 3.8) is 0 Å². The SMILES string of the molecule is COc1ccc(N=Cc2ccc(B3OC(C)(C)C(C)(C)O3)cc2)cc1. The first-order valence-corrected chi connectivity index (χ1v) is 8.44. The van der Waals surface area contributed by atoms with Crippen molar-refractivity contribution in [2.24, 2.45) is 4.99 Å². The third-order valence-electron chi connectivity index (χ3n) is 4.90. The minimum atomic E-state index is -0.336. The Morgan fingerprint density at radius 1 is 0.880 bits per heavy atom. The molecule has 0 unspecified atom stereocenters. The minimum absolute atomic E-state index is 0.327. The molecule has 4 nitrogen and oxygen atoms in total. The maximum absolute atomic E-state index is 6.07. The lowest BCUT2D eigenvalue weighted by Gasteiger charge is -2.32. The van der Waals surface area contributed by atoms with Gasteiger partial charge in [-0.15, -0.1) is 0 Å². The van der Waals surface area contributed by atoms with Gasteiger partial charge in [-0.3, -0.25) is 4.99 Å². The van der Waals surface area contributed by atoms with Crippen LogP contribution in [-0.2, 0) is 9.31 Å². The number of benzene rings is 2. The van der Waals surface area contributed by atoms with Crippen LogP contribution in [0.4, 0.5) is 5.69 Å². The largest absolute Gasteiger partial charge is 0.497 e. The fourth-order valence-corrected chi connectivity index (χ4v) is 2.54. The van der Waals surface area contributed by atoms with Crippen molar-refractivity contribution in [2.45, 2.75) is 38.9 Å². The van der Waals surface area contributed by atoms with E-state index in [9.17, 15) is 0 Å². The van der Waals surface area contributed by atoms with E-state index in [-0.39, 0.29) is 18.3 Å². The zero-order chi connectivity index (χ0) is 18.1. The van der Waals surface area contributed by atoms with Crippen LogP contribution in [-0.4, -0.2) is 31.6 Å². The highest BCUT2D eigenvalue weighted by Crippen LogP contribution is 2.36. The molecular formula is C20H24BNO3. The van der Waals surface area contributed by atoms with Gasteiger partial charge in [0.05, 0.1) is 24.0 Å². The minimum Gasteiger partial charge on any atom is -0.497 e. The van der Waals surface area contributed by atoms with Crippen molar-refractivity contribution in [1.29, 1.82) is 0 Å². The van der Waals surface area contributed by atoms with Gasteiger partial charge in [0, 0.05) is 6.21 Å². The standard InChI is InChI=1S/C20H24BNO3/c1-19(2)20(3,4)25-21(24-19)16-8-6-15(7-9-16)14-22-17-10-12-18(23-5)13-11-17/h6-14H,1-5H3. The first-order chi connectivity index (χ1) is 11.8. The second kappa shape index (κ2) is 6.66. The number of ether oxygens (including phenoxy) is 1. The van der Waals surface area contributed by atoms with Gasteiger partial charge in [0.2, 0.25) is 0 Å². The van der Waals surface area contributed by atoms with Crippen LogP contribution in [0.5, 0.6) is 5.75 Å². The molecule has 1 heterocycles. The van der Waals surface area contributed by atoms with Crippen LogP contribution in [0.2, 0.25) is 0 Å². The van der Waals surface area contributed by atoms with Crippen molar-refractivity contribution < 1.29 is 14.0 Å². The molecule has 0 N–H and O–H groups in total. The summed E-state index contributed by atoms with van der Waals surface area (Å²) in [6.45, 7) is 8.23. The van der Waals surface area contributed by atoms with Crippen LogP contribution in [0.1, 0.15) is 33.3 Å². The lowest BCUT2D eigenvalue weighted by atomic mass is 9.79. The van der Waals surface area contributed by atoms with Gasteiger partial charge in [-0.2, -0.15) is 0 Å². The Hall–Kier alpha value is -2.11. The number of aliphatic imine (C=N–C) groups is 1. The van der Waals surface area contributed by atoms with E-state index in [0.717, 1.165) is 22.5 Å². The van der Waals surface area contributed by atoms with E-state index in [1.54, 1.807) is 7.11 Å². The molecule has 130 valence electrons. The van der Waals surface area contributed by atoms with E-state index in [1.807, 2.05) is 54.7 Å². The summed E-state index contributed by atoms with van der Waals surface area (Å²) in [4.78, 5) is 4.48. The molecular weight excluding hydrogens is 313 g/mol. The van der Waals surface area contributed by atoms with Crippen LogP contribution in [0.15, 0.2) is 53.5 Å². The maximum atomic E-state index is 6.07. The quantitative estimate of drug-likeness (QED) is 0.630. The highest BCUT2D eigenvalue weighted by Gasteiger charge is 2.51. The Morgan fingerprint density at radius 3 is 1.96 bits per heavy atom. The number of nitrogens with zero attached hydrogens (tertiary/aromatic N) is 1. The summed E-state index contributed by atoms with van der Waals surface area (Å²) in [7, 11) is 1.32. The Balaban J connectivity index is 1.69. The second-order valence-corrected chi connectivity index (χ2v) is 7.21. The van der Waals surface area contributed by atoms with Crippen LogP contribution < -0.4 is 10.2 Å².